The molecule has 0 aromatic heterocycles. The minimum Gasteiger partial charge on any atom is -0.497 e. The molecule has 8 heteroatoms. The van der Waals surface area contributed by atoms with E-state index in [1.54, 1.807) is 24.1 Å². The summed E-state index contributed by atoms with van der Waals surface area (Å²) in [5, 5.41) is 17.8. The highest BCUT2D eigenvalue weighted by molar-refractivity contribution is 6.14. The number of methoxy groups -OCH3 is 1. The van der Waals surface area contributed by atoms with Gasteiger partial charge in [-0.2, -0.15) is 5.10 Å². The van der Waals surface area contributed by atoms with Crippen LogP contribution in [0.15, 0.2) is 71.8 Å². The second-order valence-corrected chi connectivity index (χ2v) is 9.64. The standard InChI is InChI=1S/C29H30N4O4/c1-20-8-17-26-27(18-20)32(23-11-13-24(14-12-23)33(35)36)29(34)31(19-21-9-15-25(37-2)16-10-21)30-28(26)22-6-4-3-5-7-22/h8-18,22H,3-7,19H2,1-2H3. The van der Waals surface area contributed by atoms with Gasteiger partial charge in [-0.1, -0.05) is 43.5 Å². The van der Waals surface area contributed by atoms with Crippen molar-refractivity contribution in [3.05, 3.63) is 93.5 Å². The molecule has 1 aliphatic heterocycles. The second kappa shape index (κ2) is 10.4. The summed E-state index contributed by atoms with van der Waals surface area (Å²) in [6.07, 6.45) is 5.57. The zero-order chi connectivity index (χ0) is 25.9. The number of ether oxygens (including phenoxy) is 1. The molecule has 0 bridgehead atoms. The predicted molar refractivity (Wildman–Crippen MR) is 143 cm³/mol. The lowest BCUT2D eigenvalue weighted by Crippen LogP contribution is -2.36. The Morgan fingerprint density at radius 1 is 1.00 bits per heavy atom. The van der Waals surface area contributed by atoms with Gasteiger partial charge >= 0.3 is 6.03 Å². The molecular formula is C29H30N4O4. The zero-order valence-electron chi connectivity index (χ0n) is 21.1. The molecule has 5 rings (SSSR count). The molecule has 1 fully saturated rings. The lowest BCUT2D eigenvalue weighted by Gasteiger charge is -2.27. The number of carbonyl (C=O) groups is 1. The van der Waals surface area contributed by atoms with E-state index in [1.807, 2.05) is 37.3 Å². The maximum absolute atomic E-state index is 14.2. The molecule has 0 spiro atoms. The van der Waals surface area contributed by atoms with E-state index < -0.39 is 4.92 Å². The van der Waals surface area contributed by atoms with Crippen molar-refractivity contribution in [2.75, 3.05) is 12.0 Å². The first-order chi connectivity index (χ1) is 17.9. The number of hydrazone groups is 1. The van der Waals surface area contributed by atoms with Crippen LogP contribution in [0, 0.1) is 23.0 Å². The first kappa shape index (κ1) is 24.5. The monoisotopic (exact) mass is 498 g/mol. The SMILES string of the molecule is COc1ccc(CN2N=C(C3CCCCC3)c3ccc(C)cc3N(c3ccc([N+](=O)[O-])cc3)C2=O)cc1. The third-order valence-electron chi connectivity index (χ3n) is 7.11. The Balaban J connectivity index is 1.64. The Kier molecular flexibility index (Phi) is 6.90. The number of hydrogen-bond acceptors (Lipinski definition) is 5. The van der Waals surface area contributed by atoms with Gasteiger partial charge in [0.2, 0.25) is 0 Å². The number of amides is 2. The van der Waals surface area contributed by atoms with Crippen molar-refractivity contribution in [3.8, 4) is 5.75 Å². The number of benzene rings is 3. The number of fused-ring (bicyclic) bond motifs is 1. The number of non-ortho nitro benzene ring substituents is 1. The predicted octanol–water partition coefficient (Wildman–Crippen LogP) is 6.97. The fourth-order valence-corrected chi connectivity index (χ4v) is 5.15. The summed E-state index contributed by atoms with van der Waals surface area (Å²) in [4.78, 5) is 26.6. The Morgan fingerprint density at radius 2 is 1.70 bits per heavy atom. The van der Waals surface area contributed by atoms with Gasteiger partial charge in [-0.3, -0.25) is 15.0 Å². The molecule has 1 aliphatic carbocycles. The average molecular weight is 499 g/mol. The fourth-order valence-electron chi connectivity index (χ4n) is 5.15. The van der Waals surface area contributed by atoms with E-state index in [1.165, 1.54) is 23.6 Å². The number of carbonyl (C=O) groups excluding carboxylic acids is 1. The molecule has 0 N–H and O–H groups in total. The summed E-state index contributed by atoms with van der Waals surface area (Å²) in [6.45, 7) is 2.28. The van der Waals surface area contributed by atoms with Crippen LogP contribution in [0.2, 0.25) is 0 Å². The number of anilines is 2. The van der Waals surface area contributed by atoms with Gasteiger partial charge in [-0.15, -0.1) is 0 Å². The van der Waals surface area contributed by atoms with Crippen LogP contribution in [0.5, 0.6) is 5.75 Å². The van der Waals surface area contributed by atoms with Crippen LogP contribution in [0.4, 0.5) is 21.9 Å². The van der Waals surface area contributed by atoms with Crippen LogP contribution in [0.3, 0.4) is 0 Å². The van der Waals surface area contributed by atoms with Gasteiger partial charge in [-0.25, -0.2) is 9.80 Å². The van der Waals surface area contributed by atoms with Gasteiger partial charge in [0.25, 0.3) is 5.69 Å². The molecule has 190 valence electrons. The van der Waals surface area contributed by atoms with E-state index in [0.29, 0.717) is 5.69 Å². The zero-order valence-corrected chi connectivity index (χ0v) is 21.1. The number of nitro benzene ring substituents is 1. The van der Waals surface area contributed by atoms with Crippen LogP contribution in [-0.4, -0.2) is 28.8 Å². The van der Waals surface area contributed by atoms with Crippen molar-refractivity contribution in [1.29, 1.82) is 0 Å². The quantitative estimate of drug-likeness (QED) is 0.271. The summed E-state index contributed by atoms with van der Waals surface area (Å²) < 4.78 is 5.29. The maximum Gasteiger partial charge on any atom is 0.349 e. The highest BCUT2D eigenvalue weighted by atomic mass is 16.6. The Labute approximate surface area is 216 Å². The Hall–Kier alpha value is -4.20. The molecule has 0 unspecified atom stereocenters. The molecule has 1 saturated carbocycles. The van der Waals surface area contributed by atoms with Crippen LogP contribution in [-0.2, 0) is 6.54 Å². The molecule has 3 aromatic rings. The van der Waals surface area contributed by atoms with Gasteiger partial charge in [0.05, 0.1) is 35.7 Å². The summed E-state index contributed by atoms with van der Waals surface area (Å²) in [7, 11) is 1.62. The highest BCUT2D eigenvalue weighted by Crippen LogP contribution is 2.38. The summed E-state index contributed by atoms with van der Waals surface area (Å²) in [5.74, 6) is 1.01. The van der Waals surface area contributed by atoms with Crippen LogP contribution >= 0.6 is 0 Å². The molecule has 2 amide bonds. The first-order valence-electron chi connectivity index (χ1n) is 12.6. The molecule has 0 atom stereocenters. The van der Waals surface area contributed by atoms with Gasteiger partial charge in [0, 0.05) is 23.6 Å². The third-order valence-corrected chi connectivity index (χ3v) is 7.11. The van der Waals surface area contributed by atoms with E-state index in [0.717, 1.165) is 59.5 Å². The molecule has 0 radical (unpaired) electrons. The second-order valence-electron chi connectivity index (χ2n) is 9.64. The average Bonchev–Trinajstić information content (AvgIpc) is 3.03. The van der Waals surface area contributed by atoms with Crippen LogP contribution < -0.4 is 9.64 Å². The number of rotatable bonds is 6. The molecule has 3 aromatic carbocycles. The van der Waals surface area contributed by atoms with Crippen molar-refractivity contribution < 1.29 is 14.5 Å². The number of urea groups is 1. The fraction of sp³-hybridized carbons (Fsp3) is 0.310. The van der Waals surface area contributed by atoms with E-state index in [-0.39, 0.29) is 24.2 Å². The number of nitrogens with zero attached hydrogens (tertiary/aromatic N) is 4. The number of aryl methyl sites for hydroxylation is 1. The van der Waals surface area contributed by atoms with Crippen molar-refractivity contribution in [2.24, 2.45) is 11.0 Å². The smallest absolute Gasteiger partial charge is 0.349 e. The Bertz CT molecular complexity index is 1330. The first-order valence-corrected chi connectivity index (χ1v) is 12.6. The van der Waals surface area contributed by atoms with Gasteiger partial charge in [0.15, 0.2) is 0 Å². The minimum atomic E-state index is -0.438. The lowest BCUT2D eigenvalue weighted by atomic mass is 9.82. The van der Waals surface area contributed by atoms with Crippen molar-refractivity contribution in [1.82, 2.24) is 5.01 Å². The number of hydrogen-bond donors (Lipinski definition) is 0. The molecular weight excluding hydrogens is 468 g/mol. The van der Waals surface area contributed by atoms with Gasteiger partial charge in [0.1, 0.15) is 5.75 Å². The van der Waals surface area contributed by atoms with E-state index >= 15 is 0 Å². The summed E-state index contributed by atoms with van der Waals surface area (Å²) in [6, 6.07) is 19.5. The number of nitro groups is 1. The minimum absolute atomic E-state index is 0.0234. The highest BCUT2D eigenvalue weighted by Gasteiger charge is 2.34. The Morgan fingerprint density at radius 3 is 2.35 bits per heavy atom. The molecule has 0 saturated heterocycles. The van der Waals surface area contributed by atoms with Gasteiger partial charge in [-0.05, 0) is 61.2 Å². The summed E-state index contributed by atoms with van der Waals surface area (Å²) in [5.41, 5.74) is 5.09. The summed E-state index contributed by atoms with van der Waals surface area (Å²) >= 11 is 0. The maximum atomic E-state index is 14.2. The molecule has 37 heavy (non-hydrogen) atoms. The van der Waals surface area contributed by atoms with E-state index in [9.17, 15) is 14.9 Å². The lowest BCUT2D eigenvalue weighted by molar-refractivity contribution is -0.384. The molecule has 1 heterocycles. The van der Waals surface area contributed by atoms with Crippen molar-refractivity contribution in [3.63, 3.8) is 0 Å². The molecule has 8 nitrogen and oxygen atoms in total. The largest absolute Gasteiger partial charge is 0.497 e. The van der Waals surface area contributed by atoms with Gasteiger partial charge < -0.3 is 4.74 Å². The van der Waals surface area contributed by atoms with Crippen LogP contribution in [0.25, 0.3) is 0 Å². The third kappa shape index (κ3) is 5.05. The van der Waals surface area contributed by atoms with Crippen molar-refractivity contribution >= 4 is 28.8 Å². The van der Waals surface area contributed by atoms with E-state index in [2.05, 4.69) is 12.1 Å². The van der Waals surface area contributed by atoms with Crippen LogP contribution in [0.1, 0.15) is 48.8 Å². The van der Waals surface area contributed by atoms with E-state index in [4.69, 9.17) is 9.84 Å². The topological polar surface area (TPSA) is 88.3 Å². The van der Waals surface area contributed by atoms with Crippen molar-refractivity contribution in [2.45, 2.75) is 45.6 Å². The normalized spacial score (nSPS) is 16.2. The molecule has 2 aliphatic rings.